The molecule has 0 aliphatic carbocycles. The summed E-state index contributed by atoms with van der Waals surface area (Å²) in [6.45, 7) is 0. The van der Waals surface area contributed by atoms with E-state index < -0.39 is 23.9 Å². The summed E-state index contributed by atoms with van der Waals surface area (Å²) in [7, 11) is 0. The molecule has 0 saturated carbocycles. The molecule has 0 unspecified atom stereocenters. The first kappa shape index (κ1) is 24.0. The molecule has 0 aromatic heterocycles. The van der Waals surface area contributed by atoms with Crippen LogP contribution in [0.1, 0.15) is 0 Å². The monoisotopic (exact) mass is 240 g/mol. The molecule has 0 radical (unpaired) electrons. The van der Waals surface area contributed by atoms with Gasteiger partial charge in [-0.25, -0.2) is 9.59 Å². The van der Waals surface area contributed by atoms with Crippen LogP contribution in [-0.2, 0) is 19.2 Å². The third kappa shape index (κ3) is 22.9. The Morgan fingerprint density at radius 1 is 0.786 bits per heavy atom. The van der Waals surface area contributed by atoms with Crippen LogP contribution in [0, 0.1) is 0 Å². The van der Waals surface area contributed by atoms with Gasteiger partial charge in [0.15, 0.2) is 11.9 Å². The van der Waals surface area contributed by atoms with Crippen molar-refractivity contribution in [3.63, 3.8) is 0 Å². The predicted molar refractivity (Wildman–Crippen MR) is 25.3 cm³/mol. The van der Waals surface area contributed by atoms with E-state index in [0.717, 1.165) is 0 Å². The van der Waals surface area contributed by atoms with Gasteiger partial charge >= 0.3 is 92.9 Å². The van der Waals surface area contributed by atoms with Gasteiger partial charge in [-0.15, -0.1) is 0 Å². The van der Waals surface area contributed by atoms with E-state index in [1.807, 2.05) is 0 Å². The second-order valence-electron chi connectivity index (χ2n) is 1.19. The van der Waals surface area contributed by atoms with Gasteiger partial charge in [0.1, 0.15) is 0 Å². The molecule has 0 aliphatic rings. The normalized spacial score (nSPS) is 6.29. The molecule has 0 aromatic carbocycles. The quantitative estimate of drug-likeness (QED) is 0.312. The van der Waals surface area contributed by atoms with Crippen LogP contribution in [0.3, 0.4) is 0 Å². The molecule has 0 amide bonds. The fourth-order valence-corrected chi connectivity index (χ4v) is 0. The van der Waals surface area contributed by atoms with Crippen molar-refractivity contribution in [1.82, 2.24) is 0 Å². The molecular weight excluding hydrogens is 238 g/mol. The van der Waals surface area contributed by atoms with E-state index in [1.54, 1.807) is 0 Å². The van der Waals surface area contributed by atoms with Crippen LogP contribution < -0.4 is 91.2 Å². The summed E-state index contributed by atoms with van der Waals surface area (Å²) in [5.74, 6) is -8.02. The molecule has 0 saturated heterocycles. The summed E-state index contributed by atoms with van der Waals surface area (Å²) in [6, 6.07) is 0. The topological polar surface area (TPSA) is 155 Å². The number of rotatable bonds is 0. The molecule has 0 spiro atoms. The largest absolute Gasteiger partial charge is 1.00 e. The van der Waals surface area contributed by atoms with Crippen molar-refractivity contribution in [2.45, 2.75) is 0 Å². The van der Waals surface area contributed by atoms with E-state index in [0.29, 0.717) is 0 Å². The van der Waals surface area contributed by atoms with E-state index in [1.165, 1.54) is 0 Å². The molecule has 0 heterocycles. The van der Waals surface area contributed by atoms with Crippen LogP contribution >= 0.6 is 0 Å². The number of hydrogen-bond acceptors (Lipinski definition) is 6. The summed E-state index contributed by atoms with van der Waals surface area (Å²) in [6.07, 6.45) is 0. The van der Waals surface area contributed by atoms with E-state index in [9.17, 15) is 0 Å². The number of aliphatic carboxylic acids is 4. The third-order valence-electron chi connectivity index (χ3n) is 0.349. The van der Waals surface area contributed by atoms with Gasteiger partial charge in [-0.3, -0.25) is 0 Å². The van der Waals surface area contributed by atoms with E-state index in [2.05, 4.69) is 0 Å². The Hall–Kier alpha value is 0.516. The van der Waals surface area contributed by atoms with Crippen molar-refractivity contribution >= 4 is 23.9 Å². The average Bonchev–Trinajstić information content (AvgIpc) is 1.88. The van der Waals surface area contributed by atoms with Crippen LogP contribution in [0.2, 0.25) is 0 Å². The standard InChI is InChI=1S/2C2H2O4.K.Na/c2*3-1(4)2(5)6;;/h2*(H,3,4)(H,5,6);;/q;;2*+1/p-2. The fourth-order valence-electron chi connectivity index (χ4n) is 0. The smallest absolute Gasteiger partial charge is 0.539 e. The Morgan fingerprint density at radius 2 is 0.857 bits per heavy atom. The molecule has 0 rings (SSSR count). The van der Waals surface area contributed by atoms with Gasteiger partial charge in [-0.1, -0.05) is 0 Å². The molecule has 2 N–H and O–H groups in total. The van der Waals surface area contributed by atoms with Gasteiger partial charge in [0, 0.05) is 0 Å². The van der Waals surface area contributed by atoms with Crippen molar-refractivity contribution in [2.75, 3.05) is 0 Å². The summed E-state index contributed by atoms with van der Waals surface area (Å²) < 4.78 is 0. The Bertz CT molecular complexity index is 177. The third-order valence-corrected chi connectivity index (χ3v) is 0.349. The SMILES string of the molecule is O=C([O-])C(=O)O.O=C([O-])C(=O)O.[K+].[Na+]. The molecule has 10 heteroatoms. The molecular formula is C4H2KNaO8. The number of carbonyl (C=O) groups is 4. The van der Waals surface area contributed by atoms with E-state index in [-0.39, 0.29) is 80.9 Å². The molecule has 0 aromatic rings. The van der Waals surface area contributed by atoms with Crippen LogP contribution in [0.4, 0.5) is 0 Å². The number of carbonyl (C=O) groups excluding carboxylic acids is 2. The van der Waals surface area contributed by atoms with Crippen LogP contribution in [0.25, 0.3) is 0 Å². The van der Waals surface area contributed by atoms with Crippen molar-refractivity contribution in [2.24, 2.45) is 0 Å². The Balaban J connectivity index is -0.0000000625. The summed E-state index contributed by atoms with van der Waals surface area (Å²) in [5.41, 5.74) is 0. The maximum Gasteiger partial charge on any atom is 1.00 e. The van der Waals surface area contributed by atoms with Gasteiger partial charge in [-0.2, -0.15) is 0 Å². The summed E-state index contributed by atoms with van der Waals surface area (Å²) >= 11 is 0. The van der Waals surface area contributed by atoms with Crippen molar-refractivity contribution in [3.05, 3.63) is 0 Å². The minimum atomic E-state index is -2.07. The minimum absolute atomic E-state index is 0. The summed E-state index contributed by atoms with van der Waals surface area (Å²) in [4.78, 5) is 36.1. The molecule has 0 fully saturated rings. The minimum Gasteiger partial charge on any atom is -0.539 e. The molecule has 0 bridgehead atoms. The van der Waals surface area contributed by atoms with Crippen LogP contribution in [-0.4, -0.2) is 34.1 Å². The number of hydrogen-bond donors (Lipinski definition) is 2. The first-order valence-electron chi connectivity index (χ1n) is 2.17. The maximum atomic E-state index is 9.04. The van der Waals surface area contributed by atoms with Crippen molar-refractivity contribution in [1.29, 1.82) is 0 Å². The summed E-state index contributed by atoms with van der Waals surface area (Å²) in [5, 5.41) is 32.6. The second-order valence-corrected chi connectivity index (χ2v) is 1.19. The Labute approximate surface area is 142 Å². The molecule has 0 aliphatic heterocycles. The van der Waals surface area contributed by atoms with Crippen molar-refractivity contribution in [3.8, 4) is 0 Å². The number of carboxylic acid groups (broad SMARTS) is 4. The zero-order valence-electron chi connectivity index (χ0n) is 7.34. The predicted octanol–water partition coefficient (Wildman–Crippen LogP) is -10.4. The number of carboxylic acids is 4. The first-order valence-corrected chi connectivity index (χ1v) is 2.17. The fraction of sp³-hybridized carbons (Fsp3) is 0. The maximum absolute atomic E-state index is 9.04. The molecule has 8 nitrogen and oxygen atoms in total. The van der Waals surface area contributed by atoms with E-state index in [4.69, 9.17) is 39.6 Å². The van der Waals surface area contributed by atoms with E-state index >= 15 is 0 Å². The van der Waals surface area contributed by atoms with Gasteiger partial charge in [0.25, 0.3) is 0 Å². The zero-order valence-corrected chi connectivity index (χ0v) is 12.5. The van der Waals surface area contributed by atoms with Crippen molar-refractivity contribution < 1.29 is 121 Å². The van der Waals surface area contributed by atoms with Gasteiger partial charge in [0.05, 0.1) is 0 Å². The zero-order chi connectivity index (χ0) is 10.3. The molecule has 68 valence electrons. The van der Waals surface area contributed by atoms with Crippen LogP contribution in [0.5, 0.6) is 0 Å². The molecule has 0 atom stereocenters. The molecule has 14 heavy (non-hydrogen) atoms. The average molecular weight is 240 g/mol. The van der Waals surface area contributed by atoms with Gasteiger partial charge in [-0.05, 0) is 0 Å². The second kappa shape index (κ2) is 13.5. The Kier molecular flexibility index (Phi) is 23.2. The first-order chi connectivity index (χ1) is 5.29. The van der Waals surface area contributed by atoms with Gasteiger partial charge in [0.2, 0.25) is 0 Å². The Morgan fingerprint density at radius 3 is 0.857 bits per heavy atom. The van der Waals surface area contributed by atoms with Crippen LogP contribution in [0.15, 0.2) is 0 Å². The van der Waals surface area contributed by atoms with Gasteiger partial charge < -0.3 is 30.0 Å².